The quantitative estimate of drug-likeness (QED) is 0.946. The number of carboxylic acid groups (broad SMARTS) is 1. The molecule has 0 atom stereocenters. The van der Waals surface area contributed by atoms with E-state index < -0.39 is 5.97 Å². The third-order valence-electron chi connectivity index (χ3n) is 2.08. The zero-order valence-electron chi connectivity index (χ0n) is 8.77. The Morgan fingerprint density at radius 2 is 1.89 bits per heavy atom. The topological polar surface area (TPSA) is 68.0 Å². The van der Waals surface area contributed by atoms with Crippen LogP contribution in [0.1, 0.15) is 5.69 Å². The van der Waals surface area contributed by atoms with E-state index in [4.69, 9.17) is 39.9 Å². The van der Waals surface area contributed by atoms with Crippen LogP contribution in [0, 0.1) is 0 Å². The van der Waals surface area contributed by atoms with Gasteiger partial charge in [-0.05, 0) is 12.1 Å². The fraction of sp³-hybridized carbons (Fsp3) is 0.100. The zero-order valence-corrected chi connectivity index (χ0v) is 11.0. The third kappa shape index (κ3) is 2.75. The van der Waals surface area contributed by atoms with Crippen LogP contribution in [0.3, 0.4) is 0 Å². The molecule has 1 aromatic carbocycles. The van der Waals surface area contributed by atoms with E-state index in [-0.39, 0.29) is 6.42 Å². The molecule has 0 bridgehead atoms. The van der Waals surface area contributed by atoms with E-state index in [1.165, 1.54) is 23.0 Å². The number of rotatable bonds is 3. The third-order valence-corrected chi connectivity index (χ3v) is 2.88. The van der Waals surface area contributed by atoms with Crippen LogP contribution in [-0.4, -0.2) is 26.1 Å². The molecule has 0 radical (unpaired) electrons. The first-order valence-corrected chi connectivity index (χ1v) is 5.88. The summed E-state index contributed by atoms with van der Waals surface area (Å²) in [7, 11) is 0. The van der Waals surface area contributed by atoms with Crippen LogP contribution < -0.4 is 0 Å². The molecule has 0 fully saturated rings. The molecule has 0 aliphatic heterocycles. The number of carbonyl (C=O) groups is 1. The van der Waals surface area contributed by atoms with E-state index in [1.807, 2.05) is 0 Å². The van der Waals surface area contributed by atoms with Crippen molar-refractivity contribution in [2.24, 2.45) is 0 Å². The van der Waals surface area contributed by atoms with Gasteiger partial charge < -0.3 is 5.11 Å². The Labute approximate surface area is 117 Å². The van der Waals surface area contributed by atoms with Crippen LogP contribution in [0.2, 0.25) is 15.1 Å². The van der Waals surface area contributed by atoms with Gasteiger partial charge in [-0.2, -0.15) is 0 Å². The SMILES string of the molecule is O=C(O)Cc1cn(-c2c(Cl)cc(Cl)cc2Cl)nn1. The van der Waals surface area contributed by atoms with E-state index in [2.05, 4.69) is 10.3 Å². The second-order valence-corrected chi connectivity index (χ2v) is 4.69. The van der Waals surface area contributed by atoms with Crippen molar-refractivity contribution in [2.75, 3.05) is 0 Å². The van der Waals surface area contributed by atoms with Crippen LogP contribution >= 0.6 is 34.8 Å². The van der Waals surface area contributed by atoms with Gasteiger partial charge in [0.15, 0.2) is 0 Å². The van der Waals surface area contributed by atoms with E-state index >= 15 is 0 Å². The molecule has 1 heterocycles. The number of benzene rings is 1. The minimum atomic E-state index is -0.990. The van der Waals surface area contributed by atoms with Gasteiger partial charge in [-0.15, -0.1) is 5.10 Å². The van der Waals surface area contributed by atoms with Crippen molar-refractivity contribution in [3.05, 3.63) is 39.1 Å². The zero-order chi connectivity index (χ0) is 13.3. The predicted octanol–water partition coefficient (Wildman–Crippen LogP) is 2.85. The lowest BCUT2D eigenvalue weighted by molar-refractivity contribution is -0.136. The van der Waals surface area contributed by atoms with Gasteiger partial charge in [-0.1, -0.05) is 40.0 Å². The maximum atomic E-state index is 10.5. The number of halogens is 3. The van der Waals surface area contributed by atoms with Crippen molar-refractivity contribution < 1.29 is 9.90 Å². The van der Waals surface area contributed by atoms with Gasteiger partial charge in [0.05, 0.1) is 28.4 Å². The minimum absolute atomic E-state index is 0.219. The Morgan fingerprint density at radius 3 is 2.44 bits per heavy atom. The first-order valence-electron chi connectivity index (χ1n) is 4.75. The lowest BCUT2D eigenvalue weighted by Crippen LogP contribution is -2.00. The van der Waals surface area contributed by atoms with Gasteiger partial charge in [0.1, 0.15) is 5.69 Å². The molecule has 8 heteroatoms. The average molecular weight is 307 g/mol. The second kappa shape index (κ2) is 5.14. The van der Waals surface area contributed by atoms with Crippen LogP contribution in [-0.2, 0) is 11.2 Å². The summed E-state index contributed by atoms with van der Waals surface area (Å²) in [4.78, 5) is 10.5. The number of aliphatic carboxylic acids is 1. The Morgan fingerprint density at radius 1 is 1.28 bits per heavy atom. The fourth-order valence-electron chi connectivity index (χ4n) is 1.40. The smallest absolute Gasteiger partial charge is 0.309 e. The number of carboxylic acids is 1. The fourth-order valence-corrected chi connectivity index (χ4v) is 2.39. The molecule has 0 saturated carbocycles. The lowest BCUT2D eigenvalue weighted by Gasteiger charge is -2.06. The molecular formula is C10H6Cl3N3O2. The highest BCUT2D eigenvalue weighted by Gasteiger charge is 2.13. The van der Waals surface area contributed by atoms with Crippen molar-refractivity contribution >= 4 is 40.8 Å². The number of hydrogen-bond acceptors (Lipinski definition) is 3. The van der Waals surface area contributed by atoms with Crippen LogP contribution in [0.5, 0.6) is 0 Å². The highest BCUT2D eigenvalue weighted by molar-refractivity contribution is 6.40. The molecular weight excluding hydrogens is 300 g/mol. The van der Waals surface area contributed by atoms with Gasteiger partial charge in [-0.3, -0.25) is 4.79 Å². The van der Waals surface area contributed by atoms with E-state index in [9.17, 15) is 4.79 Å². The normalized spacial score (nSPS) is 10.6. The summed E-state index contributed by atoms with van der Waals surface area (Å²) < 4.78 is 1.32. The molecule has 2 rings (SSSR count). The molecule has 0 spiro atoms. The summed E-state index contributed by atoms with van der Waals surface area (Å²) in [6, 6.07) is 3.03. The van der Waals surface area contributed by atoms with Crippen molar-refractivity contribution in [3.8, 4) is 5.69 Å². The molecule has 2 aromatic rings. The molecule has 94 valence electrons. The number of nitrogens with zero attached hydrogens (tertiary/aromatic N) is 3. The highest BCUT2D eigenvalue weighted by Crippen LogP contribution is 2.31. The van der Waals surface area contributed by atoms with Crippen LogP contribution in [0.15, 0.2) is 18.3 Å². The summed E-state index contributed by atoms with van der Waals surface area (Å²) >= 11 is 17.8. The van der Waals surface area contributed by atoms with Crippen LogP contribution in [0.4, 0.5) is 0 Å². The van der Waals surface area contributed by atoms with Crippen LogP contribution in [0.25, 0.3) is 5.69 Å². The number of aromatic nitrogens is 3. The Hall–Kier alpha value is -1.30. The summed E-state index contributed by atoms with van der Waals surface area (Å²) in [6.45, 7) is 0. The molecule has 0 amide bonds. The molecule has 0 unspecified atom stereocenters. The van der Waals surface area contributed by atoms with Crippen molar-refractivity contribution in [1.29, 1.82) is 0 Å². The predicted molar refractivity (Wildman–Crippen MR) is 67.7 cm³/mol. The summed E-state index contributed by atoms with van der Waals surface area (Å²) in [6.07, 6.45) is 1.23. The molecule has 0 aliphatic carbocycles. The van der Waals surface area contributed by atoms with Crippen molar-refractivity contribution in [1.82, 2.24) is 15.0 Å². The number of hydrogen-bond donors (Lipinski definition) is 1. The van der Waals surface area contributed by atoms with Gasteiger partial charge >= 0.3 is 5.97 Å². The monoisotopic (exact) mass is 305 g/mol. The largest absolute Gasteiger partial charge is 0.481 e. The van der Waals surface area contributed by atoms with Crippen molar-refractivity contribution in [3.63, 3.8) is 0 Å². The van der Waals surface area contributed by atoms with Gasteiger partial charge in [0, 0.05) is 5.02 Å². The maximum Gasteiger partial charge on any atom is 0.309 e. The van der Waals surface area contributed by atoms with Gasteiger partial charge in [-0.25, -0.2) is 4.68 Å². The van der Waals surface area contributed by atoms with E-state index in [0.717, 1.165) is 0 Å². The molecule has 0 saturated heterocycles. The highest BCUT2D eigenvalue weighted by atomic mass is 35.5. The van der Waals surface area contributed by atoms with E-state index in [1.54, 1.807) is 0 Å². The summed E-state index contributed by atoms with van der Waals surface area (Å²) in [5.41, 5.74) is 0.719. The molecule has 1 N–H and O–H groups in total. The Balaban J connectivity index is 2.43. The lowest BCUT2D eigenvalue weighted by atomic mass is 10.3. The molecule has 18 heavy (non-hydrogen) atoms. The second-order valence-electron chi connectivity index (χ2n) is 3.44. The van der Waals surface area contributed by atoms with Gasteiger partial charge in [0.25, 0.3) is 0 Å². The average Bonchev–Trinajstić information content (AvgIpc) is 2.63. The standard InChI is InChI=1S/C10H6Cl3N3O2/c11-5-1-7(12)10(8(13)2-5)16-4-6(14-15-16)3-9(17)18/h1-2,4H,3H2,(H,17,18). The van der Waals surface area contributed by atoms with E-state index in [0.29, 0.717) is 26.4 Å². The molecule has 1 aromatic heterocycles. The Bertz CT molecular complexity index is 589. The van der Waals surface area contributed by atoms with Crippen molar-refractivity contribution in [2.45, 2.75) is 6.42 Å². The maximum absolute atomic E-state index is 10.5. The first kappa shape index (κ1) is 13.1. The van der Waals surface area contributed by atoms with Gasteiger partial charge in [0.2, 0.25) is 0 Å². The minimum Gasteiger partial charge on any atom is -0.481 e. The summed E-state index contributed by atoms with van der Waals surface area (Å²) in [5, 5.41) is 17.2. The molecule has 5 nitrogen and oxygen atoms in total. The summed E-state index contributed by atoms with van der Waals surface area (Å²) in [5.74, 6) is -0.990. The Kier molecular flexibility index (Phi) is 3.75. The molecule has 0 aliphatic rings. The first-order chi connectivity index (χ1) is 8.47.